The molecule has 0 bridgehead atoms. The lowest BCUT2D eigenvalue weighted by Crippen LogP contribution is -2.61. The van der Waals surface area contributed by atoms with Crippen molar-refractivity contribution in [2.24, 2.45) is 0 Å². The van der Waals surface area contributed by atoms with E-state index in [1.165, 1.54) is 171 Å². The minimum Gasteiger partial charge on any atom is -0.311 e. The fourth-order valence-electron chi connectivity index (χ4n) is 16.4. The van der Waals surface area contributed by atoms with Gasteiger partial charge >= 0.3 is 0 Å². The van der Waals surface area contributed by atoms with Crippen molar-refractivity contribution in [2.75, 3.05) is 9.80 Å². The molecule has 0 atom stereocenters. The Balaban J connectivity index is 1.14. The molecule has 0 amide bonds. The van der Waals surface area contributed by atoms with Gasteiger partial charge in [0.2, 0.25) is 0 Å². The maximum absolute atomic E-state index is 2.82. The second-order valence-electron chi connectivity index (χ2n) is 31.3. The normalized spacial score (nSPS) is 21.6. The SMILES string of the molecule is Cc1cc2c3c(c1)N(c1ccc4c(c1)C(C)(C)CCC4(C)C)c1c(sc4cc5c(cc14)C(C)(C)CCC5(C)C)B3c1cc3c(cc1N2c1cc2c(cc1-c1ccc4ccccc4c1)C(C)(C)CCC2(C)C)C(C)(C)CCC3(C)C. The molecule has 2 nitrogen and oxygen atoms in total. The molecular formula is C75H85BN2S. The number of hydrogen-bond donors (Lipinski definition) is 0. The Hall–Kier alpha value is -5.58. The molecule has 7 aromatic carbocycles. The van der Waals surface area contributed by atoms with Crippen LogP contribution in [0.15, 0.2) is 109 Å². The Morgan fingerprint density at radius 3 is 1.44 bits per heavy atom. The van der Waals surface area contributed by atoms with Crippen LogP contribution in [-0.4, -0.2) is 6.71 Å². The molecule has 0 fully saturated rings. The van der Waals surface area contributed by atoms with Crippen molar-refractivity contribution in [1.82, 2.24) is 0 Å². The van der Waals surface area contributed by atoms with Crippen molar-refractivity contribution in [1.29, 1.82) is 0 Å². The van der Waals surface area contributed by atoms with Gasteiger partial charge in [-0.2, -0.15) is 0 Å². The van der Waals surface area contributed by atoms with Crippen molar-refractivity contribution >= 4 is 88.7 Å². The number of aryl methyl sites for hydroxylation is 1. The first-order valence-corrected chi connectivity index (χ1v) is 31.2. The van der Waals surface area contributed by atoms with Crippen LogP contribution in [0.3, 0.4) is 0 Å². The zero-order chi connectivity index (χ0) is 55.7. The number of anilines is 6. The van der Waals surface area contributed by atoms with E-state index in [0.29, 0.717) is 0 Å². The van der Waals surface area contributed by atoms with Crippen LogP contribution in [0.2, 0.25) is 0 Å². The molecule has 404 valence electrons. The third-order valence-electron chi connectivity index (χ3n) is 22.1. The van der Waals surface area contributed by atoms with E-state index in [4.69, 9.17) is 0 Å². The summed E-state index contributed by atoms with van der Waals surface area (Å²) in [6.07, 6.45) is 9.44. The van der Waals surface area contributed by atoms with Crippen molar-refractivity contribution in [3.05, 3.63) is 159 Å². The second-order valence-corrected chi connectivity index (χ2v) is 32.3. The Morgan fingerprint density at radius 2 is 0.861 bits per heavy atom. The highest BCUT2D eigenvalue weighted by atomic mass is 32.1. The zero-order valence-corrected chi connectivity index (χ0v) is 51.7. The minimum atomic E-state index is 0.0104. The monoisotopic (exact) mass is 1060 g/mol. The van der Waals surface area contributed by atoms with E-state index in [-0.39, 0.29) is 50.0 Å². The number of fused-ring (bicyclic) bond motifs is 11. The maximum atomic E-state index is 2.82. The number of nitrogens with zero attached hydrogens (tertiary/aromatic N) is 2. The number of benzene rings is 7. The highest BCUT2D eigenvalue weighted by molar-refractivity contribution is 7.33. The molecule has 14 rings (SSSR count). The van der Waals surface area contributed by atoms with E-state index in [1.54, 1.807) is 5.56 Å². The van der Waals surface area contributed by atoms with Crippen molar-refractivity contribution in [3.8, 4) is 11.1 Å². The Bertz CT molecular complexity index is 3960. The van der Waals surface area contributed by atoms with Crippen LogP contribution in [0.25, 0.3) is 32.0 Å². The summed E-state index contributed by atoms with van der Waals surface area (Å²) in [5, 5.41) is 3.98. The largest absolute Gasteiger partial charge is 0.311 e. The Morgan fingerprint density at radius 1 is 0.392 bits per heavy atom. The fourth-order valence-corrected chi connectivity index (χ4v) is 17.7. The summed E-state index contributed by atoms with van der Waals surface area (Å²) in [4.78, 5) is 5.61. The average Bonchev–Trinajstić information content (AvgIpc) is 3.87. The van der Waals surface area contributed by atoms with Gasteiger partial charge < -0.3 is 9.80 Å². The summed E-state index contributed by atoms with van der Waals surface area (Å²) in [6.45, 7) is 42.5. The quantitative estimate of drug-likeness (QED) is 0.163. The molecule has 0 saturated carbocycles. The molecule has 6 aliphatic rings. The molecule has 3 heterocycles. The highest BCUT2D eigenvalue weighted by Gasteiger charge is 2.50. The van der Waals surface area contributed by atoms with Crippen LogP contribution >= 0.6 is 11.3 Å². The third-order valence-corrected chi connectivity index (χ3v) is 23.3. The van der Waals surface area contributed by atoms with Gasteiger partial charge in [0.15, 0.2) is 0 Å². The number of hydrogen-bond acceptors (Lipinski definition) is 3. The van der Waals surface area contributed by atoms with Crippen molar-refractivity contribution in [2.45, 2.75) is 212 Å². The predicted octanol–water partition coefficient (Wildman–Crippen LogP) is 19.5. The predicted molar refractivity (Wildman–Crippen MR) is 345 cm³/mol. The summed E-state index contributed by atoms with van der Waals surface area (Å²) in [7, 11) is 0. The van der Waals surface area contributed by atoms with Crippen LogP contribution in [0.4, 0.5) is 34.1 Å². The average molecular weight is 1060 g/mol. The molecule has 0 saturated heterocycles. The Labute approximate surface area is 478 Å². The first-order valence-electron chi connectivity index (χ1n) is 30.4. The molecule has 8 aromatic rings. The van der Waals surface area contributed by atoms with E-state index in [1.807, 2.05) is 0 Å². The zero-order valence-electron chi connectivity index (χ0n) is 50.9. The highest BCUT2D eigenvalue weighted by Crippen LogP contribution is 2.58. The first-order chi connectivity index (χ1) is 37.0. The van der Waals surface area contributed by atoms with Gasteiger partial charge in [0.05, 0.1) is 11.4 Å². The van der Waals surface area contributed by atoms with Gasteiger partial charge in [-0.1, -0.05) is 159 Å². The lowest BCUT2D eigenvalue weighted by molar-refractivity contribution is 0.332. The van der Waals surface area contributed by atoms with E-state index in [9.17, 15) is 0 Å². The van der Waals surface area contributed by atoms with Gasteiger partial charge in [-0.05, 0) is 240 Å². The fraction of sp³-hybridized carbons (Fsp3) is 0.440. The van der Waals surface area contributed by atoms with Crippen molar-refractivity contribution < 1.29 is 0 Å². The van der Waals surface area contributed by atoms with Gasteiger partial charge in [-0.3, -0.25) is 0 Å². The van der Waals surface area contributed by atoms with Gasteiger partial charge in [-0.25, -0.2) is 0 Å². The van der Waals surface area contributed by atoms with Crippen LogP contribution in [0, 0.1) is 6.92 Å². The molecular weight excluding hydrogens is 972 g/mol. The summed E-state index contributed by atoms with van der Waals surface area (Å²) < 4.78 is 2.91. The summed E-state index contributed by atoms with van der Waals surface area (Å²) in [5.41, 5.74) is 27.4. The smallest absolute Gasteiger partial charge is 0.264 e. The Kier molecular flexibility index (Phi) is 10.7. The molecule has 79 heavy (non-hydrogen) atoms. The molecule has 0 N–H and O–H groups in total. The lowest BCUT2D eigenvalue weighted by Gasteiger charge is -2.48. The molecule has 0 unspecified atom stereocenters. The van der Waals surface area contributed by atoms with Gasteiger partial charge in [0, 0.05) is 43.2 Å². The van der Waals surface area contributed by atoms with Crippen LogP contribution in [-0.2, 0) is 43.3 Å². The van der Waals surface area contributed by atoms with Crippen LogP contribution < -0.4 is 25.5 Å². The molecule has 4 heteroatoms. The molecule has 4 aliphatic carbocycles. The molecule has 1 aromatic heterocycles. The van der Waals surface area contributed by atoms with Crippen molar-refractivity contribution in [3.63, 3.8) is 0 Å². The summed E-state index contributed by atoms with van der Waals surface area (Å²) in [6, 6.07) is 45.3. The topological polar surface area (TPSA) is 6.48 Å². The van der Waals surface area contributed by atoms with Crippen LogP contribution in [0.5, 0.6) is 0 Å². The van der Waals surface area contributed by atoms with E-state index < -0.39 is 0 Å². The van der Waals surface area contributed by atoms with E-state index >= 15 is 0 Å². The standard InChI is InChI=1S/C75H85BN2S/c1-44-34-62-65-63(35-44)78(60-41-56-53(70(6,7)28-31-73(56,12)13)38-49(60)47-23-22-45-20-18-19-21-46(45)36-47)61-42-57-55(72(10,11)30-32-74(57,14)15)40-59(61)76(65)67-66(50-39-54-58(43-64(50)79-67)75(16,17)33-29-71(54,8)9)77(62)48-24-25-51-52(37-48)69(4,5)27-26-68(51,2)3/h18-25,34-43H,26-33H2,1-17H3. The van der Waals surface area contributed by atoms with Gasteiger partial charge in [-0.15, -0.1) is 11.3 Å². The van der Waals surface area contributed by atoms with E-state index in [0.717, 1.165) is 6.42 Å². The molecule has 0 radical (unpaired) electrons. The first kappa shape index (κ1) is 51.6. The van der Waals surface area contributed by atoms with Crippen LogP contribution in [0.1, 0.15) is 212 Å². The van der Waals surface area contributed by atoms with Gasteiger partial charge in [0.1, 0.15) is 0 Å². The maximum Gasteiger partial charge on any atom is 0.264 e. The lowest BCUT2D eigenvalue weighted by atomic mass is 9.35. The van der Waals surface area contributed by atoms with E-state index in [2.05, 4.69) is 248 Å². The summed E-state index contributed by atoms with van der Waals surface area (Å²) in [5.74, 6) is 0. The number of rotatable bonds is 3. The molecule has 2 aliphatic heterocycles. The summed E-state index contributed by atoms with van der Waals surface area (Å²) >= 11 is 2.10. The number of thiophene rings is 1. The molecule has 0 spiro atoms. The van der Waals surface area contributed by atoms with Gasteiger partial charge in [0.25, 0.3) is 6.71 Å². The third kappa shape index (κ3) is 7.46. The second kappa shape index (κ2) is 16.3. The minimum absolute atomic E-state index is 0.0104.